The summed E-state index contributed by atoms with van der Waals surface area (Å²) in [6.45, 7) is 11.3. The summed E-state index contributed by atoms with van der Waals surface area (Å²) in [7, 11) is 2.38. The molecule has 3 rings (SSSR count). The zero-order chi connectivity index (χ0) is 20.9. The van der Waals surface area contributed by atoms with Crippen molar-refractivity contribution in [1.82, 2.24) is 4.90 Å². The second-order valence-corrected chi connectivity index (χ2v) is 8.88. The van der Waals surface area contributed by atoms with Gasteiger partial charge in [-0.05, 0) is 62.4 Å². The van der Waals surface area contributed by atoms with Gasteiger partial charge < -0.3 is 26.6 Å². The molecule has 158 valence electrons. The molecule has 6 N–H and O–H groups in total. The summed E-state index contributed by atoms with van der Waals surface area (Å²) in [5.41, 5.74) is 15.4. The third-order valence-corrected chi connectivity index (χ3v) is 5.81. The van der Waals surface area contributed by atoms with Crippen molar-refractivity contribution in [2.75, 3.05) is 68.4 Å². The largest absolute Gasteiger partial charge is 0.399 e. The van der Waals surface area contributed by atoms with Crippen molar-refractivity contribution in [1.29, 1.82) is 0 Å². The van der Waals surface area contributed by atoms with Crippen LogP contribution in [0.5, 0.6) is 0 Å². The van der Waals surface area contributed by atoms with E-state index in [2.05, 4.69) is 48.6 Å². The summed E-state index contributed by atoms with van der Waals surface area (Å²) in [6, 6.07) is 16.8. The maximum atomic E-state index is 5.78. The van der Waals surface area contributed by atoms with Crippen LogP contribution in [-0.2, 0) is 0 Å². The van der Waals surface area contributed by atoms with Crippen molar-refractivity contribution in [2.24, 2.45) is 0 Å². The lowest BCUT2D eigenvalue weighted by atomic mass is 10.1. The lowest BCUT2D eigenvalue weighted by Gasteiger charge is -2.44. The Bertz CT molecular complexity index is 750. The number of likely N-dealkylation sites (N-methyl/N-ethyl adjacent to an activating group) is 1. The Balaban J connectivity index is 1.42. The molecule has 0 spiro atoms. The SMILES string of the molecule is CC(CN1CC[N+](C)(CC(C)Nc2ccc(N)cc2)CC1)Nc1ccc(N)cc1. The Labute approximate surface area is 175 Å². The molecule has 2 atom stereocenters. The van der Waals surface area contributed by atoms with E-state index in [1.165, 1.54) is 13.1 Å². The van der Waals surface area contributed by atoms with Gasteiger partial charge in [-0.2, -0.15) is 0 Å². The Morgan fingerprint density at radius 2 is 1.28 bits per heavy atom. The van der Waals surface area contributed by atoms with Gasteiger partial charge in [-0.1, -0.05) is 0 Å². The lowest BCUT2D eigenvalue weighted by molar-refractivity contribution is -0.914. The van der Waals surface area contributed by atoms with E-state index >= 15 is 0 Å². The van der Waals surface area contributed by atoms with E-state index in [1.54, 1.807) is 0 Å². The standard InChI is InChI=1S/C23H37N6/c1-18(26-22-8-4-20(24)5-9-22)16-28-12-14-29(3,15-13-28)17-19(2)27-23-10-6-21(25)7-11-23/h4-11,18-19,26-27H,12-17,24-25H2,1-3H3/q+1. The molecule has 1 aliphatic rings. The van der Waals surface area contributed by atoms with Crippen molar-refractivity contribution in [3.63, 3.8) is 0 Å². The summed E-state index contributed by atoms with van der Waals surface area (Å²) in [4.78, 5) is 2.58. The minimum atomic E-state index is 0.404. The van der Waals surface area contributed by atoms with Crippen molar-refractivity contribution in [2.45, 2.75) is 25.9 Å². The predicted molar refractivity (Wildman–Crippen MR) is 125 cm³/mol. The molecule has 0 amide bonds. The normalized spacial score (nSPS) is 18.7. The molecule has 1 fully saturated rings. The highest BCUT2D eigenvalue weighted by Gasteiger charge is 2.30. The minimum absolute atomic E-state index is 0.404. The molecular formula is C23H37N6+. The molecule has 0 aromatic heterocycles. The molecule has 6 heteroatoms. The van der Waals surface area contributed by atoms with Crippen molar-refractivity contribution in [3.8, 4) is 0 Å². The molecule has 1 saturated heterocycles. The molecule has 0 saturated carbocycles. The number of hydrogen-bond acceptors (Lipinski definition) is 5. The highest BCUT2D eigenvalue weighted by molar-refractivity contribution is 5.52. The minimum Gasteiger partial charge on any atom is -0.399 e. The third kappa shape index (κ3) is 6.54. The average molecular weight is 398 g/mol. The van der Waals surface area contributed by atoms with E-state index in [0.717, 1.165) is 53.4 Å². The Kier molecular flexibility index (Phi) is 6.87. The number of hydrogen-bond donors (Lipinski definition) is 4. The second kappa shape index (κ2) is 9.37. The smallest absolute Gasteiger partial charge is 0.0987 e. The highest BCUT2D eigenvalue weighted by Crippen LogP contribution is 2.17. The van der Waals surface area contributed by atoms with Gasteiger partial charge in [-0.15, -0.1) is 0 Å². The number of rotatable bonds is 8. The third-order valence-electron chi connectivity index (χ3n) is 5.81. The summed E-state index contributed by atoms with van der Waals surface area (Å²) in [6.07, 6.45) is 0. The van der Waals surface area contributed by atoms with Gasteiger partial charge >= 0.3 is 0 Å². The fourth-order valence-corrected chi connectivity index (χ4v) is 4.22. The van der Waals surface area contributed by atoms with Gasteiger partial charge in [0.15, 0.2) is 0 Å². The van der Waals surface area contributed by atoms with Gasteiger partial charge in [0.05, 0.1) is 32.7 Å². The summed E-state index contributed by atoms with van der Waals surface area (Å²) < 4.78 is 1.11. The molecular weight excluding hydrogens is 360 g/mol. The number of quaternary nitrogens is 1. The van der Waals surface area contributed by atoms with E-state index in [9.17, 15) is 0 Å². The highest BCUT2D eigenvalue weighted by atomic mass is 15.4. The molecule has 0 radical (unpaired) electrons. The van der Waals surface area contributed by atoms with Crippen LogP contribution in [0.1, 0.15) is 13.8 Å². The van der Waals surface area contributed by atoms with Crippen LogP contribution in [0.15, 0.2) is 48.5 Å². The molecule has 0 bridgehead atoms. The molecule has 1 aliphatic heterocycles. The van der Waals surface area contributed by atoms with Gasteiger partial charge in [0, 0.05) is 48.4 Å². The quantitative estimate of drug-likeness (QED) is 0.407. The first-order valence-electron chi connectivity index (χ1n) is 10.6. The zero-order valence-corrected chi connectivity index (χ0v) is 18.1. The molecule has 6 nitrogen and oxygen atoms in total. The molecule has 1 heterocycles. The van der Waals surface area contributed by atoms with Gasteiger partial charge in [-0.25, -0.2) is 0 Å². The van der Waals surface area contributed by atoms with Crippen LogP contribution in [0.2, 0.25) is 0 Å². The van der Waals surface area contributed by atoms with Crippen molar-refractivity contribution in [3.05, 3.63) is 48.5 Å². The van der Waals surface area contributed by atoms with Gasteiger partial charge in [-0.3, -0.25) is 4.90 Å². The Hall–Kier alpha value is -2.44. The van der Waals surface area contributed by atoms with Crippen LogP contribution >= 0.6 is 0 Å². The molecule has 2 aromatic rings. The average Bonchev–Trinajstić information content (AvgIpc) is 2.67. The summed E-state index contributed by atoms with van der Waals surface area (Å²) >= 11 is 0. The number of nitrogens with zero attached hydrogens (tertiary/aromatic N) is 2. The van der Waals surface area contributed by atoms with Gasteiger partial charge in [0.1, 0.15) is 0 Å². The van der Waals surface area contributed by atoms with Crippen molar-refractivity contribution < 1.29 is 4.48 Å². The number of piperazine rings is 1. The van der Waals surface area contributed by atoms with E-state index in [4.69, 9.17) is 11.5 Å². The molecule has 2 unspecified atom stereocenters. The van der Waals surface area contributed by atoms with Crippen LogP contribution in [0.4, 0.5) is 22.7 Å². The van der Waals surface area contributed by atoms with Crippen LogP contribution in [0.3, 0.4) is 0 Å². The van der Waals surface area contributed by atoms with Crippen molar-refractivity contribution >= 4 is 22.7 Å². The topological polar surface area (TPSA) is 79.3 Å². The van der Waals surface area contributed by atoms with E-state index in [1.807, 2.05) is 36.4 Å². The Morgan fingerprint density at radius 1 is 0.828 bits per heavy atom. The van der Waals surface area contributed by atoms with E-state index < -0.39 is 0 Å². The maximum Gasteiger partial charge on any atom is 0.0987 e. The summed E-state index contributed by atoms with van der Waals surface area (Å²) in [5.74, 6) is 0. The predicted octanol–water partition coefficient (Wildman–Crippen LogP) is 2.91. The van der Waals surface area contributed by atoms with E-state index in [-0.39, 0.29) is 0 Å². The van der Waals surface area contributed by atoms with E-state index in [0.29, 0.717) is 12.1 Å². The zero-order valence-electron chi connectivity index (χ0n) is 18.1. The Morgan fingerprint density at radius 3 is 1.76 bits per heavy atom. The number of nitrogens with one attached hydrogen (secondary N) is 2. The first kappa shape index (κ1) is 21.3. The summed E-state index contributed by atoms with van der Waals surface area (Å²) in [5, 5.41) is 7.19. The maximum absolute atomic E-state index is 5.78. The molecule has 29 heavy (non-hydrogen) atoms. The number of nitrogens with two attached hydrogens (primary N) is 2. The number of nitrogen functional groups attached to an aromatic ring is 2. The number of benzene rings is 2. The monoisotopic (exact) mass is 397 g/mol. The first-order valence-corrected chi connectivity index (χ1v) is 10.6. The van der Waals surface area contributed by atoms with Gasteiger partial charge in [0.2, 0.25) is 0 Å². The number of anilines is 4. The molecule has 0 aliphatic carbocycles. The second-order valence-electron chi connectivity index (χ2n) is 8.88. The fraction of sp³-hybridized carbons (Fsp3) is 0.478. The molecule has 2 aromatic carbocycles. The first-order chi connectivity index (χ1) is 13.8. The van der Waals surface area contributed by atoms with Crippen LogP contribution in [0.25, 0.3) is 0 Å². The fourth-order valence-electron chi connectivity index (χ4n) is 4.22. The van der Waals surface area contributed by atoms with Gasteiger partial charge in [0.25, 0.3) is 0 Å². The lowest BCUT2D eigenvalue weighted by Crippen LogP contribution is -2.60. The van der Waals surface area contributed by atoms with Crippen LogP contribution in [-0.4, -0.2) is 67.8 Å². The van der Waals surface area contributed by atoms with Crippen LogP contribution in [0, 0.1) is 0 Å². The van der Waals surface area contributed by atoms with Crippen LogP contribution < -0.4 is 22.1 Å².